The molecular formula is C14H11ClN2O. The average Bonchev–Trinajstić information content (AvgIpc) is 2.36. The maximum absolute atomic E-state index is 9.04. The molecule has 0 saturated carbocycles. The molecule has 18 heavy (non-hydrogen) atoms. The molecule has 0 fully saturated rings. The Kier molecular flexibility index (Phi) is 3.40. The maximum Gasteiger partial charge on any atom is 0.148 e. The maximum atomic E-state index is 9.04. The van der Waals surface area contributed by atoms with Crippen LogP contribution in [0.2, 0.25) is 5.02 Å². The molecular weight excluding hydrogens is 248 g/mol. The van der Waals surface area contributed by atoms with Gasteiger partial charge in [-0.15, -0.1) is 0 Å². The van der Waals surface area contributed by atoms with Crippen LogP contribution in [0.15, 0.2) is 36.4 Å². The van der Waals surface area contributed by atoms with E-state index in [0.717, 1.165) is 5.56 Å². The summed E-state index contributed by atoms with van der Waals surface area (Å²) in [4.78, 5) is 0. The van der Waals surface area contributed by atoms with E-state index in [4.69, 9.17) is 27.3 Å². The van der Waals surface area contributed by atoms with Gasteiger partial charge in [0.05, 0.1) is 16.3 Å². The standard InChI is InChI=1S/C14H11ClN2O/c1-9-3-2-4-10(8-16)14(9)18-11-5-6-13(17)12(15)7-11/h2-7H,17H2,1H3. The van der Waals surface area contributed by atoms with E-state index in [-0.39, 0.29) is 0 Å². The van der Waals surface area contributed by atoms with Crippen molar-refractivity contribution in [2.24, 2.45) is 0 Å². The number of hydrogen-bond donors (Lipinski definition) is 1. The summed E-state index contributed by atoms with van der Waals surface area (Å²) in [5.41, 5.74) is 7.50. The number of nitrogens with two attached hydrogens (primary N) is 1. The largest absolute Gasteiger partial charge is 0.456 e. The van der Waals surface area contributed by atoms with Gasteiger partial charge in [-0.25, -0.2) is 0 Å². The molecule has 0 radical (unpaired) electrons. The Morgan fingerprint density at radius 1 is 1.28 bits per heavy atom. The van der Waals surface area contributed by atoms with E-state index >= 15 is 0 Å². The molecule has 2 rings (SSSR count). The van der Waals surface area contributed by atoms with Gasteiger partial charge < -0.3 is 10.5 Å². The minimum absolute atomic E-state index is 0.430. The molecule has 3 nitrogen and oxygen atoms in total. The zero-order valence-electron chi connectivity index (χ0n) is 9.77. The van der Waals surface area contributed by atoms with E-state index in [9.17, 15) is 0 Å². The van der Waals surface area contributed by atoms with Crippen molar-refractivity contribution in [3.05, 3.63) is 52.5 Å². The molecule has 2 aromatic carbocycles. The molecule has 2 aromatic rings. The van der Waals surface area contributed by atoms with Crippen LogP contribution < -0.4 is 10.5 Å². The minimum atomic E-state index is 0.430. The summed E-state index contributed by atoms with van der Waals surface area (Å²) in [6.07, 6.45) is 0. The first-order valence-corrected chi connectivity index (χ1v) is 5.72. The van der Waals surface area contributed by atoms with Gasteiger partial charge >= 0.3 is 0 Å². The lowest BCUT2D eigenvalue weighted by atomic mass is 10.1. The fourth-order valence-corrected chi connectivity index (χ4v) is 1.74. The monoisotopic (exact) mass is 258 g/mol. The highest BCUT2D eigenvalue weighted by Gasteiger charge is 2.08. The first-order valence-electron chi connectivity index (χ1n) is 5.34. The SMILES string of the molecule is Cc1cccc(C#N)c1Oc1ccc(N)c(Cl)c1. The van der Waals surface area contributed by atoms with Gasteiger partial charge in [0.2, 0.25) is 0 Å². The van der Waals surface area contributed by atoms with E-state index < -0.39 is 0 Å². The molecule has 0 aliphatic carbocycles. The fourth-order valence-electron chi connectivity index (χ4n) is 1.57. The number of para-hydroxylation sites is 1. The zero-order valence-corrected chi connectivity index (χ0v) is 10.5. The van der Waals surface area contributed by atoms with Gasteiger partial charge in [-0.2, -0.15) is 5.26 Å². The van der Waals surface area contributed by atoms with Gasteiger partial charge in [-0.05, 0) is 30.7 Å². The fraction of sp³-hybridized carbons (Fsp3) is 0.0714. The molecule has 0 saturated heterocycles. The van der Waals surface area contributed by atoms with E-state index in [1.54, 1.807) is 24.3 Å². The normalized spacial score (nSPS) is 9.83. The Morgan fingerprint density at radius 2 is 2.06 bits per heavy atom. The second kappa shape index (κ2) is 4.99. The first kappa shape index (κ1) is 12.3. The van der Waals surface area contributed by atoms with Crippen molar-refractivity contribution in [3.8, 4) is 17.6 Å². The summed E-state index contributed by atoms with van der Waals surface area (Å²) in [6, 6.07) is 12.5. The molecule has 90 valence electrons. The Labute approximate surface area is 110 Å². The predicted molar refractivity (Wildman–Crippen MR) is 71.8 cm³/mol. The number of hydrogen-bond acceptors (Lipinski definition) is 3. The van der Waals surface area contributed by atoms with E-state index in [2.05, 4.69) is 6.07 Å². The van der Waals surface area contributed by atoms with Crippen LogP contribution in [-0.2, 0) is 0 Å². The topological polar surface area (TPSA) is 59.0 Å². The van der Waals surface area contributed by atoms with Gasteiger partial charge in [-0.3, -0.25) is 0 Å². The third-order valence-corrected chi connectivity index (χ3v) is 2.85. The van der Waals surface area contributed by atoms with Crippen molar-refractivity contribution < 1.29 is 4.74 Å². The van der Waals surface area contributed by atoms with Crippen LogP contribution >= 0.6 is 11.6 Å². The molecule has 0 bridgehead atoms. The van der Waals surface area contributed by atoms with Crippen LogP contribution in [-0.4, -0.2) is 0 Å². The Balaban J connectivity index is 2.40. The zero-order chi connectivity index (χ0) is 13.1. The number of benzene rings is 2. The van der Waals surface area contributed by atoms with Crippen LogP contribution in [0.3, 0.4) is 0 Å². The number of ether oxygens (including phenoxy) is 1. The minimum Gasteiger partial charge on any atom is -0.456 e. The number of aryl methyl sites for hydroxylation is 1. The third kappa shape index (κ3) is 2.39. The highest BCUT2D eigenvalue weighted by Crippen LogP contribution is 2.31. The van der Waals surface area contributed by atoms with Crippen LogP contribution in [0.1, 0.15) is 11.1 Å². The van der Waals surface area contributed by atoms with Crippen molar-refractivity contribution >= 4 is 17.3 Å². The third-order valence-electron chi connectivity index (χ3n) is 2.52. The summed E-state index contributed by atoms with van der Waals surface area (Å²) in [5.74, 6) is 1.10. The highest BCUT2D eigenvalue weighted by atomic mass is 35.5. The van der Waals surface area contributed by atoms with Crippen LogP contribution in [0.4, 0.5) is 5.69 Å². The lowest BCUT2D eigenvalue weighted by molar-refractivity contribution is 0.477. The summed E-state index contributed by atoms with van der Waals surface area (Å²) in [6.45, 7) is 1.88. The Bertz CT molecular complexity index is 632. The summed E-state index contributed by atoms with van der Waals surface area (Å²) in [5, 5.41) is 9.47. The van der Waals surface area contributed by atoms with Crippen molar-refractivity contribution in [2.45, 2.75) is 6.92 Å². The van der Waals surface area contributed by atoms with Gasteiger partial charge in [0, 0.05) is 6.07 Å². The number of nitrogen functional groups attached to an aromatic ring is 1. The smallest absolute Gasteiger partial charge is 0.148 e. The van der Waals surface area contributed by atoms with Crippen LogP contribution in [0.25, 0.3) is 0 Å². The summed E-state index contributed by atoms with van der Waals surface area (Å²) < 4.78 is 5.70. The quantitative estimate of drug-likeness (QED) is 0.831. The van der Waals surface area contributed by atoms with Crippen molar-refractivity contribution in [3.63, 3.8) is 0 Å². The molecule has 0 atom stereocenters. The second-order valence-corrected chi connectivity index (χ2v) is 4.26. The molecule has 0 unspecified atom stereocenters. The lowest BCUT2D eigenvalue weighted by Gasteiger charge is -2.10. The van der Waals surface area contributed by atoms with Crippen molar-refractivity contribution in [1.82, 2.24) is 0 Å². The molecule has 0 aliphatic rings. The van der Waals surface area contributed by atoms with E-state index in [0.29, 0.717) is 27.8 Å². The summed E-state index contributed by atoms with van der Waals surface area (Å²) >= 11 is 5.92. The Morgan fingerprint density at radius 3 is 2.72 bits per heavy atom. The average molecular weight is 259 g/mol. The van der Waals surface area contributed by atoms with E-state index in [1.165, 1.54) is 0 Å². The predicted octanol–water partition coefficient (Wildman–Crippen LogP) is 3.89. The molecule has 0 heterocycles. The van der Waals surface area contributed by atoms with Crippen molar-refractivity contribution in [1.29, 1.82) is 5.26 Å². The van der Waals surface area contributed by atoms with Crippen LogP contribution in [0.5, 0.6) is 11.5 Å². The molecule has 4 heteroatoms. The molecule has 0 spiro atoms. The molecule has 2 N–H and O–H groups in total. The van der Waals surface area contributed by atoms with Crippen LogP contribution in [0, 0.1) is 18.3 Å². The van der Waals surface area contributed by atoms with Crippen molar-refractivity contribution in [2.75, 3.05) is 5.73 Å². The lowest BCUT2D eigenvalue weighted by Crippen LogP contribution is -1.92. The number of nitrogens with zero attached hydrogens (tertiary/aromatic N) is 1. The number of halogens is 1. The molecule has 0 aliphatic heterocycles. The highest BCUT2D eigenvalue weighted by molar-refractivity contribution is 6.33. The first-order chi connectivity index (χ1) is 8.61. The van der Waals surface area contributed by atoms with Gasteiger partial charge in [0.25, 0.3) is 0 Å². The van der Waals surface area contributed by atoms with Gasteiger partial charge in [0.1, 0.15) is 17.6 Å². The second-order valence-electron chi connectivity index (χ2n) is 3.85. The molecule has 0 amide bonds. The number of nitriles is 1. The van der Waals surface area contributed by atoms with Gasteiger partial charge in [0.15, 0.2) is 0 Å². The number of rotatable bonds is 2. The molecule has 0 aromatic heterocycles. The number of anilines is 1. The van der Waals surface area contributed by atoms with E-state index in [1.807, 2.05) is 19.1 Å². The summed E-state index contributed by atoms with van der Waals surface area (Å²) in [7, 11) is 0. The van der Waals surface area contributed by atoms with Gasteiger partial charge in [-0.1, -0.05) is 23.7 Å². The Hall–Kier alpha value is -2.18.